The van der Waals surface area contributed by atoms with Crippen LogP contribution in [0.4, 0.5) is 14.6 Å². The molecular formula is C56H64F2N8O6. The van der Waals surface area contributed by atoms with Gasteiger partial charge in [0.1, 0.15) is 34.6 Å². The number of likely N-dealkylation sites (tertiary alicyclic amines) is 2. The molecule has 5 aromatic rings. The van der Waals surface area contributed by atoms with Crippen molar-refractivity contribution in [2.75, 3.05) is 57.3 Å². The third-order valence-electron chi connectivity index (χ3n) is 17.8. The first kappa shape index (κ1) is 47.2. The molecule has 6 fully saturated rings. The number of nitrogens with one attached hydrogen (secondary N) is 1. The molecular weight excluding hydrogens is 919 g/mol. The van der Waals surface area contributed by atoms with Crippen LogP contribution in [0.2, 0.25) is 0 Å². The molecule has 0 radical (unpaired) electrons. The summed E-state index contributed by atoms with van der Waals surface area (Å²) < 4.78 is 38.9. The molecule has 1 spiro atoms. The number of nitrogens with zero attached hydrogens (tertiary/aromatic N) is 7. The maximum absolute atomic E-state index is 17.2. The number of rotatable bonds is 11. The largest absolute Gasteiger partial charge is 0.508 e. The van der Waals surface area contributed by atoms with Gasteiger partial charge in [0, 0.05) is 61.4 Å². The van der Waals surface area contributed by atoms with Gasteiger partial charge in [0.25, 0.3) is 5.91 Å². The van der Waals surface area contributed by atoms with Crippen molar-refractivity contribution in [1.29, 1.82) is 0 Å². The average molecular weight is 983 g/mol. The number of carbonyl (C=O) groups excluding carboxylic acids is 3. The van der Waals surface area contributed by atoms with Gasteiger partial charge in [0.05, 0.1) is 17.6 Å². The van der Waals surface area contributed by atoms with E-state index >= 15 is 8.78 Å². The van der Waals surface area contributed by atoms with Crippen molar-refractivity contribution in [1.82, 2.24) is 35.0 Å². The first-order valence-electron chi connectivity index (χ1n) is 26.3. The summed E-state index contributed by atoms with van der Waals surface area (Å²) in [5.41, 5.74) is 2.99. The number of hydrogen-bond donors (Lipinski definition) is 3. The fraction of sp³-hybridized carbons (Fsp3) is 0.536. The van der Waals surface area contributed by atoms with Crippen LogP contribution in [0.1, 0.15) is 124 Å². The van der Waals surface area contributed by atoms with Crippen molar-refractivity contribution in [2.45, 2.75) is 127 Å². The number of anilines is 1. The predicted molar refractivity (Wildman–Crippen MR) is 268 cm³/mol. The third-order valence-corrected chi connectivity index (χ3v) is 17.8. The monoisotopic (exact) mass is 982 g/mol. The van der Waals surface area contributed by atoms with Crippen LogP contribution in [0.5, 0.6) is 11.8 Å². The summed E-state index contributed by atoms with van der Waals surface area (Å²) in [7, 11) is 0. The van der Waals surface area contributed by atoms with Gasteiger partial charge in [-0.1, -0.05) is 25.1 Å². The van der Waals surface area contributed by atoms with E-state index in [0.29, 0.717) is 96.0 Å². The highest BCUT2D eigenvalue weighted by molar-refractivity contribution is 6.06. The highest BCUT2D eigenvalue weighted by atomic mass is 19.1. The molecule has 16 heteroatoms. The Morgan fingerprint density at radius 3 is 2.44 bits per heavy atom. The maximum Gasteiger partial charge on any atom is 0.319 e. The number of pyridine rings is 1. The van der Waals surface area contributed by atoms with E-state index in [1.165, 1.54) is 49.6 Å². The topological polar surface area (TPSA) is 165 Å². The summed E-state index contributed by atoms with van der Waals surface area (Å²) in [6.45, 7) is 10.4. The van der Waals surface area contributed by atoms with Crippen molar-refractivity contribution in [3.63, 3.8) is 0 Å². The summed E-state index contributed by atoms with van der Waals surface area (Å²) in [5, 5.41) is 25.7. The quantitative estimate of drug-likeness (QED) is 0.110. The number of β-amino-alcohol motifs (C(OH)–C–C–N with tert-alkyl or cyclic N) is 1. The highest BCUT2D eigenvalue weighted by Crippen LogP contribution is 2.54. The highest BCUT2D eigenvalue weighted by Gasteiger charge is 2.51. The van der Waals surface area contributed by atoms with E-state index in [9.17, 15) is 24.6 Å². The molecule has 7 aliphatic rings. The summed E-state index contributed by atoms with van der Waals surface area (Å²) in [6, 6.07) is 12.0. The molecule has 2 saturated carbocycles. The number of carbonyl (C=O) groups is 3. The van der Waals surface area contributed by atoms with Crippen LogP contribution in [0.3, 0.4) is 0 Å². The van der Waals surface area contributed by atoms with E-state index < -0.39 is 23.3 Å². The van der Waals surface area contributed by atoms with E-state index in [1.807, 2.05) is 24.0 Å². The molecule has 3 amide bonds. The number of aromatic nitrogens is 3. The lowest BCUT2D eigenvalue weighted by Gasteiger charge is -2.56. The lowest BCUT2D eigenvalue weighted by molar-refractivity contribution is -0.136. The molecule has 7 heterocycles. The van der Waals surface area contributed by atoms with Crippen molar-refractivity contribution in [3.8, 4) is 23.0 Å². The fourth-order valence-corrected chi connectivity index (χ4v) is 13.5. The Labute approximate surface area is 418 Å². The molecule has 2 aromatic heterocycles. The Balaban J connectivity index is 0.686. The molecule has 4 saturated heterocycles. The molecule has 0 bridgehead atoms. The molecule has 1 unspecified atom stereocenters. The Morgan fingerprint density at radius 2 is 1.71 bits per heavy atom. The number of benzene rings is 3. The van der Waals surface area contributed by atoms with Crippen molar-refractivity contribution < 1.29 is 38.1 Å². The van der Waals surface area contributed by atoms with E-state index in [0.717, 1.165) is 70.4 Å². The number of aromatic hydroxyl groups is 1. The first-order chi connectivity index (χ1) is 34.7. The third kappa shape index (κ3) is 8.54. The average Bonchev–Trinajstić information content (AvgIpc) is 4.04. The first-order valence-corrected chi connectivity index (χ1v) is 26.3. The molecule has 2 atom stereocenters. The zero-order valence-electron chi connectivity index (χ0n) is 41.3. The standard InChI is InChI=1S/C56H64F2N8O6/c1-3-37-43(57)9-8-34-24-36(67)25-40(46(34)37)48-47(58)49-41(28-59-48)50(65-19-5-14-54(2,71)30-65)62-53(61-49)72-32-56(15-16-56)31-63-22-17-55(18-23-63)26-35(27-55)64-20-12-33(13-21-64)38-6-4-7-39-42(38)29-66(52(39)70)44-10-11-45(68)60-51(44)69/h4,6-9,24-25,28,33,35,44,67,71H,3,5,10-23,26-27,29-32H2,1-2H3,(H,60,68,69)/t44?,54-/m1/s1. The molecule has 3 N–H and O–H groups in total. The molecule has 12 rings (SSSR count). The summed E-state index contributed by atoms with van der Waals surface area (Å²) in [4.78, 5) is 61.1. The van der Waals surface area contributed by atoms with Gasteiger partial charge in [-0.05, 0) is 173 Å². The molecule has 378 valence electrons. The molecule has 14 nitrogen and oxygen atoms in total. The predicted octanol–water partition coefficient (Wildman–Crippen LogP) is 7.79. The normalized spacial score (nSPS) is 24.8. The van der Waals surface area contributed by atoms with Crippen LogP contribution in [0.25, 0.3) is 32.9 Å². The van der Waals surface area contributed by atoms with E-state index in [2.05, 4.69) is 26.2 Å². The number of hydrogen-bond acceptors (Lipinski definition) is 12. The number of aryl methyl sites for hydroxylation is 1. The van der Waals surface area contributed by atoms with Crippen molar-refractivity contribution in [2.24, 2.45) is 10.8 Å². The van der Waals surface area contributed by atoms with Crippen LogP contribution in [-0.4, -0.2) is 128 Å². The Bertz CT molecular complexity index is 3010. The SMILES string of the molecule is CCc1c(F)ccc2cc(O)cc(-c3ncc4c(N5CCC[C@@](C)(O)C5)nc(OCC5(CN6CCC7(CC6)CC(N6CCC(c8cccc9c8CN(C8CCC(=O)NC8=O)C9=O)CC6)C7)CC5)nc4c3F)c12. The zero-order chi connectivity index (χ0) is 49.7. The van der Waals surface area contributed by atoms with Gasteiger partial charge in [-0.25, -0.2) is 8.78 Å². The molecule has 3 aromatic carbocycles. The van der Waals surface area contributed by atoms with Crippen molar-refractivity contribution >= 4 is 45.2 Å². The minimum absolute atomic E-state index is 0.0163. The van der Waals surface area contributed by atoms with Crippen LogP contribution in [0.15, 0.2) is 48.7 Å². The number of fused-ring (bicyclic) bond motifs is 3. The second-order valence-corrected chi connectivity index (χ2v) is 22.7. The second-order valence-electron chi connectivity index (χ2n) is 22.7. The minimum Gasteiger partial charge on any atom is -0.508 e. The maximum atomic E-state index is 17.2. The van der Waals surface area contributed by atoms with Crippen LogP contribution in [0, 0.1) is 22.5 Å². The van der Waals surface area contributed by atoms with Gasteiger partial charge in [-0.3, -0.25) is 24.7 Å². The number of aliphatic hydroxyl groups is 1. The van der Waals surface area contributed by atoms with E-state index in [1.54, 1.807) is 24.0 Å². The zero-order valence-corrected chi connectivity index (χ0v) is 41.3. The van der Waals surface area contributed by atoms with Gasteiger partial charge < -0.3 is 34.5 Å². The lowest BCUT2D eigenvalue weighted by atomic mass is 9.59. The second kappa shape index (κ2) is 18.0. The number of ether oxygens (including phenoxy) is 1. The van der Waals surface area contributed by atoms with Gasteiger partial charge in [-0.15, -0.1) is 0 Å². The minimum atomic E-state index is -0.965. The number of phenolic OH excluding ortho intramolecular Hbond substituents is 1. The summed E-state index contributed by atoms with van der Waals surface area (Å²) in [6.07, 6.45) is 12.8. The number of halogens is 2. The van der Waals surface area contributed by atoms with Gasteiger partial charge in [-0.2, -0.15) is 9.97 Å². The van der Waals surface area contributed by atoms with Crippen LogP contribution >= 0.6 is 0 Å². The van der Waals surface area contributed by atoms with Crippen molar-refractivity contribution in [3.05, 3.63) is 82.5 Å². The Morgan fingerprint density at radius 1 is 0.917 bits per heavy atom. The Hall–Kier alpha value is -5.84. The van der Waals surface area contributed by atoms with Crippen LogP contribution in [-0.2, 0) is 22.6 Å². The smallest absolute Gasteiger partial charge is 0.319 e. The number of amides is 3. The van der Waals surface area contributed by atoms with Gasteiger partial charge in [0.2, 0.25) is 11.8 Å². The molecule has 2 aliphatic carbocycles. The Kier molecular flexibility index (Phi) is 11.8. The summed E-state index contributed by atoms with van der Waals surface area (Å²) in [5.74, 6) is -1.16. The van der Waals surface area contributed by atoms with Gasteiger partial charge >= 0.3 is 6.01 Å². The number of imide groups is 1. The summed E-state index contributed by atoms with van der Waals surface area (Å²) >= 11 is 0. The molecule has 72 heavy (non-hydrogen) atoms. The van der Waals surface area contributed by atoms with Gasteiger partial charge in [0.15, 0.2) is 5.82 Å². The number of piperidine rings is 4. The number of phenols is 1. The van der Waals surface area contributed by atoms with E-state index in [4.69, 9.17) is 14.7 Å². The molecule has 5 aliphatic heterocycles. The van der Waals surface area contributed by atoms with Crippen LogP contribution < -0.4 is 15.0 Å². The van der Waals surface area contributed by atoms with E-state index in [-0.39, 0.29) is 58.1 Å². The fourth-order valence-electron chi connectivity index (χ4n) is 13.5. The lowest BCUT2D eigenvalue weighted by Crippen LogP contribution is -2.56.